The van der Waals surface area contributed by atoms with E-state index in [-0.39, 0.29) is 59.2 Å². The lowest BCUT2D eigenvalue weighted by molar-refractivity contribution is -0.127. The van der Waals surface area contributed by atoms with E-state index in [1.54, 1.807) is 27.7 Å². The maximum absolute atomic E-state index is 12.8. The summed E-state index contributed by atoms with van der Waals surface area (Å²) < 4.78 is 16.3. The van der Waals surface area contributed by atoms with Gasteiger partial charge in [-0.05, 0) is 64.1 Å². The van der Waals surface area contributed by atoms with E-state index in [2.05, 4.69) is 0 Å². The van der Waals surface area contributed by atoms with E-state index >= 15 is 0 Å². The fourth-order valence-corrected chi connectivity index (χ4v) is 4.26. The topological polar surface area (TPSA) is 130 Å². The minimum absolute atomic E-state index is 0.0635. The first kappa shape index (κ1) is 26.2. The van der Waals surface area contributed by atoms with Crippen molar-refractivity contribution in [3.63, 3.8) is 0 Å². The van der Waals surface area contributed by atoms with Gasteiger partial charge in [0.05, 0.1) is 12.2 Å². The number of rotatable bonds is 10. The minimum atomic E-state index is -1.44. The molecular weight excluding hydrogens is 480 g/mol. The lowest BCUT2D eigenvalue weighted by Crippen LogP contribution is -2.29. The molecule has 0 saturated heterocycles. The summed E-state index contributed by atoms with van der Waals surface area (Å²) in [6.07, 6.45) is -0.455. The van der Waals surface area contributed by atoms with Crippen LogP contribution >= 0.6 is 0 Å². The molecule has 0 N–H and O–H groups in total. The maximum Gasteiger partial charge on any atom is 0.182 e. The van der Waals surface area contributed by atoms with Crippen LogP contribution in [0.3, 0.4) is 0 Å². The highest BCUT2D eigenvalue weighted by molar-refractivity contribution is 6.36. The van der Waals surface area contributed by atoms with E-state index in [4.69, 9.17) is 14.2 Å². The first-order valence-electron chi connectivity index (χ1n) is 11.9. The largest absolute Gasteiger partial charge is 0.457 e. The summed E-state index contributed by atoms with van der Waals surface area (Å²) in [5.41, 5.74) is 0.377. The van der Waals surface area contributed by atoms with Crippen molar-refractivity contribution in [3.8, 4) is 11.5 Å². The summed E-state index contributed by atoms with van der Waals surface area (Å²) in [7, 11) is 0. The average Bonchev–Trinajstić information content (AvgIpc) is 3.24. The molecule has 2 unspecified atom stereocenters. The molecule has 0 heterocycles. The van der Waals surface area contributed by atoms with E-state index in [0.29, 0.717) is 0 Å². The standard InChI is InChI=1S/C28H26O9/c1-13(2)35-11-21(29)23-25(31)17-7-5-15(9-19(17)27(23)33)37-16-6-8-18-20(10-16)28(34)24(26(18)32)22(30)12-36-14(3)4/h5-10,13-14,23-24H,11-12H2,1-4H3. The number of carbonyl (C=O) groups excluding carboxylic acids is 6. The predicted octanol–water partition coefficient (Wildman–Crippen LogP) is 3.46. The van der Waals surface area contributed by atoms with Crippen molar-refractivity contribution in [2.75, 3.05) is 13.2 Å². The molecule has 4 rings (SSSR count). The Morgan fingerprint density at radius 1 is 0.622 bits per heavy atom. The molecule has 9 nitrogen and oxygen atoms in total. The third-order valence-corrected chi connectivity index (χ3v) is 6.09. The van der Waals surface area contributed by atoms with Crippen LogP contribution in [0.2, 0.25) is 0 Å². The fraction of sp³-hybridized carbons (Fsp3) is 0.357. The van der Waals surface area contributed by atoms with Gasteiger partial charge >= 0.3 is 0 Å². The molecular formula is C28H26O9. The fourth-order valence-electron chi connectivity index (χ4n) is 4.26. The van der Waals surface area contributed by atoms with Gasteiger partial charge in [-0.15, -0.1) is 0 Å². The zero-order chi connectivity index (χ0) is 27.0. The van der Waals surface area contributed by atoms with Crippen molar-refractivity contribution in [2.24, 2.45) is 11.8 Å². The van der Waals surface area contributed by atoms with Crippen LogP contribution in [0.25, 0.3) is 0 Å². The Labute approximate surface area is 213 Å². The normalized spacial score (nSPS) is 18.5. The van der Waals surface area contributed by atoms with Crippen LogP contribution in [0.5, 0.6) is 11.5 Å². The molecule has 0 aromatic heterocycles. The Kier molecular flexibility index (Phi) is 7.29. The van der Waals surface area contributed by atoms with Gasteiger partial charge in [-0.2, -0.15) is 0 Å². The van der Waals surface area contributed by atoms with Gasteiger partial charge in [0, 0.05) is 22.3 Å². The molecule has 2 aromatic carbocycles. The molecule has 0 radical (unpaired) electrons. The maximum atomic E-state index is 12.8. The molecule has 0 bridgehead atoms. The van der Waals surface area contributed by atoms with E-state index in [0.717, 1.165) is 0 Å². The summed E-state index contributed by atoms with van der Waals surface area (Å²) in [5.74, 6) is -6.11. The van der Waals surface area contributed by atoms with Crippen LogP contribution in [-0.4, -0.2) is 60.1 Å². The Balaban J connectivity index is 1.52. The van der Waals surface area contributed by atoms with Crippen LogP contribution in [0, 0.1) is 11.8 Å². The van der Waals surface area contributed by atoms with E-state index in [1.165, 1.54) is 36.4 Å². The zero-order valence-corrected chi connectivity index (χ0v) is 20.9. The summed E-state index contributed by atoms with van der Waals surface area (Å²) in [6, 6.07) is 8.48. The van der Waals surface area contributed by atoms with Crippen molar-refractivity contribution >= 4 is 34.7 Å². The first-order chi connectivity index (χ1) is 17.5. The third kappa shape index (κ3) is 5.05. The Morgan fingerprint density at radius 2 is 0.973 bits per heavy atom. The van der Waals surface area contributed by atoms with E-state index in [1.807, 2.05) is 0 Å². The van der Waals surface area contributed by atoms with Crippen molar-refractivity contribution in [2.45, 2.75) is 39.9 Å². The Morgan fingerprint density at radius 3 is 1.32 bits per heavy atom. The van der Waals surface area contributed by atoms with Crippen molar-refractivity contribution < 1.29 is 43.0 Å². The van der Waals surface area contributed by atoms with Gasteiger partial charge in [-0.25, -0.2) is 0 Å². The second-order valence-electron chi connectivity index (χ2n) is 9.49. The van der Waals surface area contributed by atoms with Gasteiger partial charge < -0.3 is 14.2 Å². The molecule has 0 amide bonds. The number of hydrogen-bond donors (Lipinski definition) is 0. The molecule has 192 valence electrons. The molecule has 0 saturated carbocycles. The van der Waals surface area contributed by atoms with Crippen LogP contribution in [0.4, 0.5) is 0 Å². The highest BCUT2D eigenvalue weighted by Gasteiger charge is 2.44. The predicted molar refractivity (Wildman–Crippen MR) is 129 cm³/mol. The third-order valence-electron chi connectivity index (χ3n) is 6.09. The molecule has 37 heavy (non-hydrogen) atoms. The first-order valence-corrected chi connectivity index (χ1v) is 11.9. The Hall–Kier alpha value is -3.82. The van der Waals surface area contributed by atoms with Gasteiger partial charge in [0.25, 0.3) is 0 Å². The Bertz CT molecular complexity index is 1230. The van der Waals surface area contributed by atoms with Crippen LogP contribution in [-0.2, 0) is 19.1 Å². The number of ketones is 6. The monoisotopic (exact) mass is 506 g/mol. The molecule has 2 aliphatic carbocycles. The van der Waals surface area contributed by atoms with Gasteiger partial charge in [0.2, 0.25) is 0 Å². The van der Waals surface area contributed by atoms with Gasteiger partial charge in [0.15, 0.2) is 34.7 Å². The van der Waals surface area contributed by atoms with Crippen LogP contribution < -0.4 is 4.74 Å². The number of hydrogen-bond acceptors (Lipinski definition) is 9. The summed E-state index contributed by atoms with van der Waals surface area (Å²) in [5, 5.41) is 0. The smallest absolute Gasteiger partial charge is 0.182 e. The summed E-state index contributed by atoms with van der Waals surface area (Å²) in [6.45, 7) is 6.28. The van der Waals surface area contributed by atoms with E-state index < -0.39 is 46.5 Å². The van der Waals surface area contributed by atoms with Crippen LogP contribution in [0.15, 0.2) is 36.4 Å². The molecule has 2 aliphatic rings. The number of carbonyl (C=O) groups is 6. The average molecular weight is 507 g/mol. The second kappa shape index (κ2) is 10.3. The minimum Gasteiger partial charge on any atom is -0.457 e. The summed E-state index contributed by atoms with van der Waals surface area (Å²) >= 11 is 0. The molecule has 0 fully saturated rings. The molecule has 2 aromatic rings. The highest BCUT2D eigenvalue weighted by Crippen LogP contribution is 2.35. The number of ether oxygens (including phenoxy) is 3. The molecule has 0 spiro atoms. The number of fused-ring (bicyclic) bond motifs is 2. The summed E-state index contributed by atoms with van der Waals surface area (Å²) in [4.78, 5) is 75.9. The molecule has 9 heteroatoms. The lowest BCUT2D eigenvalue weighted by Gasteiger charge is -2.09. The van der Waals surface area contributed by atoms with Gasteiger partial charge in [-0.1, -0.05) is 0 Å². The lowest BCUT2D eigenvalue weighted by atomic mass is 9.99. The van der Waals surface area contributed by atoms with Gasteiger partial charge in [0.1, 0.15) is 36.5 Å². The quantitative estimate of drug-likeness (QED) is 0.445. The second-order valence-corrected chi connectivity index (χ2v) is 9.49. The highest BCUT2D eigenvalue weighted by atomic mass is 16.5. The van der Waals surface area contributed by atoms with Crippen LogP contribution in [0.1, 0.15) is 69.1 Å². The van der Waals surface area contributed by atoms with Crippen molar-refractivity contribution in [1.82, 2.24) is 0 Å². The van der Waals surface area contributed by atoms with Crippen molar-refractivity contribution in [1.29, 1.82) is 0 Å². The van der Waals surface area contributed by atoms with E-state index in [9.17, 15) is 28.8 Å². The number of Topliss-reactive ketones (excluding diaryl/α,β-unsaturated/α-hetero) is 6. The molecule has 2 atom stereocenters. The zero-order valence-electron chi connectivity index (χ0n) is 20.9. The SMILES string of the molecule is CC(C)OCC(=O)C1C(=O)c2ccc(Oc3ccc4c(c3)C(=O)C(C(=O)COC(C)C)C4=O)cc2C1=O. The number of benzene rings is 2. The van der Waals surface area contributed by atoms with Crippen molar-refractivity contribution in [3.05, 3.63) is 58.7 Å². The van der Waals surface area contributed by atoms with Gasteiger partial charge in [-0.3, -0.25) is 28.8 Å². The molecule has 0 aliphatic heterocycles.